The predicted molar refractivity (Wildman–Crippen MR) is 41.4 cm³/mol. The zero-order valence-corrected chi connectivity index (χ0v) is 8.01. The van der Waals surface area contributed by atoms with Crippen molar-refractivity contribution in [2.24, 2.45) is 0 Å². The Morgan fingerprint density at radius 1 is 1.55 bits per heavy atom. The van der Waals surface area contributed by atoms with E-state index in [4.69, 9.17) is 4.74 Å². The quantitative estimate of drug-likeness (QED) is 0.593. The van der Waals surface area contributed by atoms with Crippen molar-refractivity contribution in [3.05, 3.63) is 11.6 Å². The molecule has 0 bridgehead atoms. The van der Waals surface area contributed by atoms with E-state index in [1.165, 1.54) is 5.01 Å². The van der Waals surface area contributed by atoms with Crippen LogP contribution >= 0.6 is 0 Å². The van der Waals surface area contributed by atoms with Crippen LogP contribution in [0.2, 0.25) is 5.36 Å². The van der Waals surface area contributed by atoms with Gasteiger partial charge in [0.05, 0.1) is 0 Å². The Balaban J connectivity index is 3.01. The average molecular weight is 203 g/mol. The van der Waals surface area contributed by atoms with Crippen LogP contribution in [0.15, 0.2) is 11.6 Å². The normalized spacial score (nSPS) is 11.2. The molecule has 11 heavy (non-hydrogen) atoms. The summed E-state index contributed by atoms with van der Waals surface area (Å²) < 4.78 is 16.0. The van der Waals surface area contributed by atoms with Gasteiger partial charge in [-0.25, -0.2) is 0 Å². The van der Waals surface area contributed by atoms with E-state index in [0.29, 0.717) is 12.0 Å². The SMILES string of the molecule is C=[CH][Co](=[O])[CH2]COCCCC. The predicted octanol–water partition coefficient (Wildman–Crippen LogP) is 2.33. The summed E-state index contributed by atoms with van der Waals surface area (Å²) in [6.45, 7) is 6.94. The molecule has 2 nitrogen and oxygen atoms in total. The molecule has 0 N–H and O–H groups in total. The number of rotatable bonds is 7. The molecule has 0 aliphatic rings. The number of hydrogen-bond donors (Lipinski definition) is 0. The molecule has 0 amide bonds. The van der Waals surface area contributed by atoms with Crippen molar-refractivity contribution < 1.29 is 22.2 Å². The van der Waals surface area contributed by atoms with E-state index in [1.54, 1.807) is 0 Å². The first-order chi connectivity index (χ1) is 5.31. The zero-order valence-electron chi connectivity index (χ0n) is 6.97. The van der Waals surface area contributed by atoms with Gasteiger partial charge in [0.2, 0.25) is 0 Å². The summed E-state index contributed by atoms with van der Waals surface area (Å²) in [6.07, 6.45) is 2.23. The van der Waals surface area contributed by atoms with Crippen LogP contribution in [0.3, 0.4) is 0 Å². The summed E-state index contributed by atoms with van der Waals surface area (Å²) in [5.74, 6) is 0. The van der Waals surface area contributed by atoms with Gasteiger partial charge in [0.15, 0.2) is 0 Å². The van der Waals surface area contributed by atoms with Gasteiger partial charge in [-0.1, -0.05) is 0 Å². The van der Waals surface area contributed by atoms with Crippen molar-refractivity contribution in [3.8, 4) is 0 Å². The standard InChI is InChI=1S/C6H13O.C2H3.Co.O/c1-3-5-6-7-4-2;1-2;;/h2-6H2,1H3;1H,2H2;;. The Hall–Kier alpha value is 0.00649. The fraction of sp³-hybridized carbons (Fsp3) is 0.750. The summed E-state index contributed by atoms with van der Waals surface area (Å²) >= 11 is -1.19. The number of hydrogen-bond acceptors (Lipinski definition) is 2. The van der Waals surface area contributed by atoms with Crippen molar-refractivity contribution >= 4 is 0 Å². The van der Waals surface area contributed by atoms with E-state index in [0.717, 1.165) is 19.4 Å². The third-order valence-electron chi connectivity index (χ3n) is 1.17. The second-order valence-electron chi connectivity index (χ2n) is 2.08. The van der Waals surface area contributed by atoms with Gasteiger partial charge in [-0.2, -0.15) is 0 Å². The van der Waals surface area contributed by atoms with Gasteiger partial charge in [0.1, 0.15) is 0 Å². The monoisotopic (exact) mass is 203 g/mol. The molecule has 0 saturated heterocycles. The average Bonchev–Trinajstić information content (AvgIpc) is 2.04. The molecule has 0 saturated carbocycles. The molecule has 0 radical (unpaired) electrons. The molecule has 0 aromatic heterocycles. The second kappa shape index (κ2) is 8.11. The molecule has 69 valence electrons. The third-order valence-corrected chi connectivity index (χ3v) is 2.37. The Kier molecular flexibility index (Phi) is 8.11. The summed E-state index contributed by atoms with van der Waals surface area (Å²) in [6, 6.07) is 0. The maximum atomic E-state index is 10.8. The molecule has 0 spiro atoms. The Bertz CT molecular complexity index is 123. The van der Waals surface area contributed by atoms with Crippen molar-refractivity contribution in [1.82, 2.24) is 0 Å². The summed E-state index contributed by atoms with van der Waals surface area (Å²) in [4.78, 5) is 0. The fourth-order valence-electron chi connectivity index (χ4n) is 0.532. The molecule has 0 fully saturated rings. The molecule has 0 aromatic carbocycles. The molecular formula is C8H16CoO2. The zero-order chi connectivity index (χ0) is 8.53. The van der Waals surface area contributed by atoms with Gasteiger partial charge in [-0.3, -0.25) is 0 Å². The van der Waals surface area contributed by atoms with Crippen LogP contribution in [0.1, 0.15) is 19.8 Å². The third kappa shape index (κ3) is 7.91. The Labute approximate surface area is 72.6 Å². The fourth-order valence-corrected chi connectivity index (χ4v) is 1.10. The first-order valence-electron chi connectivity index (χ1n) is 3.76. The second-order valence-corrected chi connectivity index (χ2v) is 4.00. The van der Waals surface area contributed by atoms with Crippen LogP contribution in [0.25, 0.3) is 0 Å². The van der Waals surface area contributed by atoms with Gasteiger partial charge in [-0.05, 0) is 0 Å². The van der Waals surface area contributed by atoms with E-state index in [9.17, 15) is 3.87 Å². The van der Waals surface area contributed by atoms with Crippen LogP contribution in [-0.4, -0.2) is 13.2 Å². The van der Waals surface area contributed by atoms with Crippen molar-refractivity contribution in [2.75, 3.05) is 13.2 Å². The minimum atomic E-state index is -1.19. The van der Waals surface area contributed by atoms with Crippen molar-refractivity contribution in [2.45, 2.75) is 25.1 Å². The van der Waals surface area contributed by atoms with Crippen LogP contribution in [0.4, 0.5) is 0 Å². The molecule has 0 unspecified atom stereocenters. The summed E-state index contributed by atoms with van der Waals surface area (Å²) in [5.41, 5.74) is 0. The summed E-state index contributed by atoms with van der Waals surface area (Å²) in [5, 5.41) is 2.09. The van der Waals surface area contributed by atoms with Gasteiger partial charge >= 0.3 is 72.1 Å². The van der Waals surface area contributed by atoms with Crippen molar-refractivity contribution in [1.29, 1.82) is 0 Å². The van der Waals surface area contributed by atoms with Gasteiger partial charge in [-0.15, -0.1) is 0 Å². The first-order valence-corrected chi connectivity index (χ1v) is 5.52. The van der Waals surface area contributed by atoms with E-state index in [2.05, 4.69) is 13.5 Å². The maximum absolute atomic E-state index is 10.8. The van der Waals surface area contributed by atoms with E-state index < -0.39 is 13.6 Å². The van der Waals surface area contributed by atoms with Crippen LogP contribution in [0.5, 0.6) is 0 Å². The molecule has 0 aliphatic carbocycles. The molecule has 0 atom stereocenters. The summed E-state index contributed by atoms with van der Waals surface area (Å²) in [7, 11) is 0. The van der Waals surface area contributed by atoms with Gasteiger partial charge in [0.25, 0.3) is 0 Å². The van der Waals surface area contributed by atoms with Gasteiger partial charge < -0.3 is 0 Å². The van der Waals surface area contributed by atoms with Crippen LogP contribution < -0.4 is 0 Å². The topological polar surface area (TPSA) is 26.3 Å². The van der Waals surface area contributed by atoms with E-state index in [-0.39, 0.29) is 0 Å². The Morgan fingerprint density at radius 3 is 2.82 bits per heavy atom. The first kappa shape index (κ1) is 11.0. The molecule has 0 heterocycles. The number of ether oxygens (including phenoxy) is 1. The van der Waals surface area contributed by atoms with Crippen LogP contribution in [0, 0.1) is 0 Å². The van der Waals surface area contributed by atoms with E-state index >= 15 is 0 Å². The van der Waals surface area contributed by atoms with Crippen LogP contribution in [-0.2, 0) is 22.2 Å². The van der Waals surface area contributed by atoms with Gasteiger partial charge in [0, 0.05) is 0 Å². The minimum absolute atomic E-state index is 0.597. The molecule has 0 aliphatic heterocycles. The van der Waals surface area contributed by atoms with Crippen molar-refractivity contribution in [3.63, 3.8) is 0 Å². The van der Waals surface area contributed by atoms with E-state index in [1.807, 2.05) is 0 Å². The molecule has 3 heteroatoms. The Morgan fingerprint density at radius 2 is 2.27 bits per heavy atom. The molecule has 0 rings (SSSR count). The number of unbranched alkanes of at least 4 members (excludes halogenated alkanes) is 1. The molecule has 0 aromatic rings. The molecular weight excluding hydrogens is 187 g/mol.